The first-order chi connectivity index (χ1) is 12.3. The third-order valence-corrected chi connectivity index (χ3v) is 5.71. The van der Waals surface area contributed by atoms with Crippen LogP contribution in [0.4, 0.5) is 10.1 Å². The number of halogens is 1. The Labute approximate surface area is 162 Å². The fourth-order valence-electron chi connectivity index (χ4n) is 2.19. The van der Waals surface area contributed by atoms with Crippen molar-refractivity contribution in [2.75, 3.05) is 0 Å². The van der Waals surface area contributed by atoms with E-state index in [1.807, 2.05) is 0 Å². The number of amides is 1. The maximum Gasteiger partial charge on any atom is 0.283 e. The minimum Gasteiger partial charge on any atom is -0.307 e. The van der Waals surface area contributed by atoms with Crippen molar-refractivity contribution in [1.29, 1.82) is 0 Å². The summed E-state index contributed by atoms with van der Waals surface area (Å²) in [6, 6.07) is 9.32. The first kappa shape index (κ1) is 18.6. The molecule has 26 heavy (non-hydrogen) atoms. The molecule has 1 N–H and O–H groups in total. The third-order valence-electron chi connectivity index (χ3n) is 3.49. The number of thioether (sulfide) groups is 1. The molecule has 2 aromatic rings. The highest BCUT2D eigenvalue weighted by Crippen LogP contribution is 2.37. The molecule has 1 saturated heterocycles. The van der Waals surface area contributed by atoms with E-state index in [4.69, 9.17) is 12.2 Å². The summed E-state index contributed by atoms with van der Waals surface area (Å²) in [5, 5.41) is 13.9. The number of nitro benzene ring substituents is 1. The topological polar surface area (TPSA) is 72.2 Å². The molecule has 0 aromatic heterocycles. The largest absolute Gasteiger partial charge is 0.307 e. The Hall–Kier alpha value is -2.23. The molecule has 5 nitrogen and oxygen atoms in total. The zero-order valence-electron chi connectivity index (χ0n) is 13.3. The molecule has 0 atom stereocenters. The van der Waals surface area contributed by atoms with Gasteiger partial charge in [0.2, 0.25) is 0 Å². The second-order valence-corrected chi connectivity index (χ2v) is 8.18. The van der Waals surface area contributed by atoms with Gasteiger partial charge in [-0.3, -0.25) is 14.9 Å². The number of aryl methyl sites for hydroxylation is 1. The Bertz CT molecular complexity index is 976. The zero-order valence-corrected chi connectivity index (χ0v) is 15.8. The number of nitrogens with zero attached hydrogens (tertiary/aromatic N) is 1. The van der Waals surface area contributed by atoms with Crippen LogP contribution < -0.4 is 5.32 Å². The lowest BCUT2D eigenvalue weighted by atomic mass is 10.2. The number of benzene rings is 2. The van der Waals surface area contributed by atoms with Gasteiger partial charge in [-0.25, -0.2) is 4.39 Å². The summed E-state index contributed by atoms with van der Waals surface area (Å²) in [7, 11) is 0. The smallest absolute Gasteiger partial charge is 0.283 e. The van der Waals surface area contributed by atoms with Crippen LogP contribution in [0.25, 0.3) is 6.08 Å². The normalized spacial score (nSPS) is 15.4. The van der Waals surface area contributed by atoms with Gasteiger partial charge in [0.15, 0.2) is 0 Å². The lowest BCUT2D eigenvalue weighted by Gasteiger charge is -2.06. The molecule has 1 fully saturated rings. The summed E-state index contributed by atoms with van der Waals surface area (Å²) in [6.45, 7) is 1.65. The van der Waals surface area contributed by atoms with E-state index in [0.717, 1.165) is 23.5 Å². The molecule has 0 spiro atoms. The molecular weight excluding hydrogens is 395 g/mol. The first-order valence-corrected chi connectivity index (χ1v) is 9.35. The van der Waals surface area contributed by atoms with E-state index in [2.05, 4.69) is 5.32 Å². The Morgan fingerprint density at radius 2 is 2.08 bits per heavy atom. The minimum absolute atomic E-state index is 0.115. The number of hydrogen-bond acceptors (Lipinski definition) is 6. The molecule has 132 valence electrons. The molecule has 1 heterocycles. The average Bonchev–Trinajstić information content (AvgIpc) is 2.89. The number of rotatable bonds is 4. The van der Waals surface area contributed by atoms with Crippen molar-refractivity contribution in [2.45, 2.75) is 16.7 Å². The van der Waals surface area contributed by atoms with Crippen LogP contribution in [-0.4, -0.2) is 15.2 Å². The number of hydrogen-bond donors (Lipinski definition) is 1. The van der Waals surface area contributed by atoms with Crippen LogP contribution in [0.1, 0.15) is 11.1 Å². The zero-order chi connectivity index (χ0) is 18.8. The summed E-state index contributed by atoms with van der Waals surface area (Å²) in [5.41, 5.74) is 0.908. The van der Waals surface area contributed by atoms with Crippen molar-refractivity contribution in [3.05, 3.63) is 68.4 Å². The maximum absolute atomic E-state index is 13.7. The Morgan fingerprint density at radius 3 is 2.69 bits per heavy atom. The molecule has 0 saturated carbocycles. The monoisotopic (exact) mass is 406 g/mol. The molecule has 1 aliphatic heterocycles. The van der Waals surface area contributed by atoms with Crippen LogP contribution >= 0.6 is 35.7 Å². The van der Waals surface area contributed by atoms with E-state index in [1.54, 1.807) is 37.3 Å². The highest BCUT2D eigenvalue weighted by atomic mass is 32.2. The van der Waals surface area contributed by atoms with Gasteiger partial charge in [0.25, 0.3) is 11.6 Å². The van der Waals surface area contributed by atoms with Crippen LogP contribution in [0.5, 0.6) is 0 Å². The van der Waals surface area contributed by atoms with E-state index in [-0.39, 0.29) is 17.4 Å². The van der Waals surface area contributed by atoms with Gasteiger partial charge in [0.1, 0.15) is 10.1 Å². The van der Waals surface area contributed by atoms with Gasteiger partial charge in [-0.2, -0.15) is 0 Å². The SMILES string of the molecule is Cc1ccc(Sc2ccc(/C=C3\SC(=S)NC3=O)cc2[N+](=O)[O-])cc1F. The molecule has 0 unspecified atom stereocenters. The quantitative estimate of drug-likeness (QED) is 0.344. The van der Waals surface area contributed by atoms with Crippen molar-refractivity contribution in [1.82, 2.24) is 5.32 Å². The van der Waals surface area contributed by atoms with Gasteiger partial charge in [0.05, 0.1) is 14.7 Å². The fraction of sp³-hybridized carbons (Fsp3) is 0.0588. The van der Waals surface area contributed by atoms with E-state index >= 15 is 0 Å². The number of nitro groups is 1. The van der Waals surface area contributed by atoms with Crippen LogP contribution in [-0.2, 0) is 4.79 Å². The number of nitrogens with one attached hydrogen (secondary N) is 1. The molecule has 0 radical (unpaired) electrons. The molecule has 0 aliphatic carbocycles. The second-order valence-electron chi connectivity index (χ2n) is 5.35. The summed E-state index contributed by atoms with van der Waals surface area (Å²) < 4.78 is 14.0. The Morgan fingerprint density at radius 1 is 1.31 bits per heavy atom. The van der Waals surface area contributed by atoms with Gasteiger partial charge < -0.3 is 5.32 Å². The summed E-state index contributed by atoms with van der Waals surface area (Å²) in [4.78, 5) is 24.0. The van der Waals surface area contributed by atoms with Crippen molar-refractivity contribution >= 4 is 57.7 Å². The lowest BCUT2D eigenvalue weighted by Crippen LogP contribution is -2.17. The lowest BCUT2D eigenvalue weighted by molar-refractivity contribution is -0.387. The highest BCUT2D eigenvalue weighted by molar-refractivity contribution is 8.26. The molecule has 9 heteroatoms. The van der Waals surface area contributed by atoms with Gasteiger partial charge >= 0.3 is 0 Å². The molecule has 3 rings (SSSR count). The summed E-state index contributed by atoms with van der Waals surface area (Å²) >= 11 is 7.14. The fourth-order valence-corrected chi connectivity index (χ4v) is 4.16. The summed E-state index contributed by atoms with van der Waals surface area (Å²) in [6.07, 6.45) is 1.55. The maximum atomic E-state index is 13.7. The number of carbonyl (C=O) groups is 1. The van der Waals surface area contributed by atoms with Gasteiger partial charge in [-0.1, -0.05) is 47.9 Å². The van der Waals surface area contributed by atoms with Gasteiger partial charge in [-0.05, 0) is 42.3 Å². The van der Waals surface area contributed by atoms with Crippen LogP contribution in [0, 0.1) is 22.9 Å². The van der Waals surface area contributed by atoms with Crippen molar-refractivity contribution in [2.24, 2.45) is 0 Å². The second kappa shape index (κ2) is 7.56. The van der Waals surface area contributed by atoms with Crippen molar-refractivity contribution < 1.29 is 14.1 Å². The summed E-state index contributed by atoms with van der Waals surface area (Å²) in [5.74, 6) is -0.685. The minimum atomic E-state index is -0.499. The molecule has 1 amide bonds. The van der Waals surface area contributed by atoms with Crippen molar-refractivity contribution in [3.63, 3.8) is 0 Å². The first-order valence-electron chi connectivity index (χ1n) is 7.31. The molecule has 1 aliphatic rings. The van der Waals surface area contributed by atoms with Crippen molar-refractivity contribution in [3.8, 4) is 0 Å². The van der Waals surface area contributed by atoms with E-state index < -0.39 is 4.92 Å². The Kier molecular flexibility index (Phi) is 5.40. The van der Waals surface area contributed by atoms with E-state index in [1.165, 1.54) is 12.1 Å². The van der Waals surface area contributed by atoms with Crippen LogP contribution in [0.15, 0.2) is 51.1 Å². The molecule has 2 aromatic carbocycles. The van der Waals surface area contributed by atoms with E-state index in [0.29, 0.717) is 30.1 Å². The van der Waals surface area contributed by atoms with Gasteiger partial charge in [-0.15, -0.1) is 0 Å². The average molecular weight is 406 g/mol. The number of thiocarbonyl (C=S) groups is 1. The van der Waals surface area contributed by atoms with Gasteiger partial charge in [0, 0.05) is 11.0 Å². The van der Waals surface area contributed by atoms with Crippen LogP contribution in [0.3, 0.4) is 0 Å². The number of carbonyl (C=O) groups excluding carboxylic acids is 1. The molecular formula is C17H11FN2O3S3. The third kappa shape index (κ3) is 4.12. The Balaban J connectivity index is 1.93. The van der Waals surface area contributed by atoms with E-state index in [9.17, 15) is 19.3 Å². The molecule has 0 bridgehead atoms. The highest BCUT2D eigenvalue weighted by Gasteiger charge is 2.23. The predicted molar refractivity (Wildman–Crippen MR) is 105 cm³/mol. The standard InChI is InChI=1S/C17H11FN2O3S3/c1-9-2-4-11(8-12(9)18)25-14-5-3-10(6-13(14)20(22)23)7-15-16(21)19-17(24)26-15/h2-8H,1H3,(H,19,21,24)/b15-7-. The van der Waals surface area contributed by atoms with Crippen LogP contribution in [0.2, 0.25) is 0 Å². The predicted octanol–water partition coefficient (Wildman–Crippen LogP) is 4.68.